The molecule has 0 bridgehead atoms. The molecule has 2 nitrogen and oxygen atoms in total. The Balaban J connectivity index is 2.44. The first-order valence-corrected chi connectivity index (χ1v) is 5.05. The fourth-order valence-corrected chi connectivity index (χ4v) is 1.01. The molecule has 1 rings (SSSR count). The minimum Gasteiger partial charge on any atom is -0.462 e. The van der Waals surface area contributed by atoms with Crippen LogP contribution < -0.4 is 0 Å². The Morgan fingerprint density at radius 1 is 1.43 bits per heavy atom. The molecular weight excluding hydrogens is 200 g/mol. The average Bonchev–Trinajstić information content (AvgIpc) is 2.26. The van der Waals surface area contributed by atoms with Crippen molar-refractivity contribution in [1.82, 2.24) is 0 Å². The molecule has 14 heavy (non-hydrogen) atoms. The number of carbonyl (C=O) groups excluding carboxylic acids is 1. The number of hydrogen-bond donors (Lipinski definition) is 0. The molecule has 0 aromatic heterocycles. The Bertz CT molecular complexity index is 285. The van der Waals surface area contributed by atoms with E-state index in [0.29, 0.717) is 18.1 Å². The molecule has 1 aromatic rings. The summed E-state index contributed by atoms with van der Waals surface area (Å²) < 4.78 is 5.06. The van der Waals surface area contributed by atoms with Crippen molar-refractivity contribution in [3.05, 3.63) is 35.9 Å². The van der Waals surface area contributed by atoms with Crippen LogP contribution in [0.3, 0.4) is 0 Å². The van der Waals surface area contributed by atoms with E-state index >= 15 is 0 Å². The van der Waals surface area contributed by atoms with Gasteiger partial charge in [0.1, 0.15) is 0 Å². The van der Waals surface area contributed by atoms with E-state index in [1.165, 1.54) is 0 Å². The summed E-state index contributed by atoms with van der Waals surface area (Å²) in [7, 11) is 0. The third-order valence-electron chi connectivity index (χ3n) is 1.77. The summed E-state index contributed by atoms with van der Waals surface area (Å²) in [6.45, 7) is 2.31. The summed E-state index contributed by atoms with van der Waals surface area (Å²) >= 11 is 5.59. The van der Waals surface area contributed by atoms with Crippen molar-refractivity contribution < 1.29 is 9.53 Å². The molecule has 0 amide bonds. The highest BCUT2D eigenvalue weighted by atomic mass is 35.5. The second kappa shape index (κ2) is 5.66. The average molecular weight is 213 g/mol. The number of carbonyl (C=O) groups is 1. The monoisotopic (exact) mass is 212 g/mol. The predicted octanol–water partition coefficient (Wildman–Crippen LogP) is 2.72. The first-order chi connectivity index (χ1) is 6.74. The maximum atomic E-state index is 11.4. The number of esters is 1. The van der Waals surface area contributed by atoms with Gasteiger partial charge in [-0.05, 0) is 12.1 Å². The first-order valence-electron chi connectivity index (χ1n) is 4.52. The quantitative estimate of drug-likeness (QED) is 0.567. The van der Waals surface area contributed by atoms with Crippen molar-refractivity contribution in [3.8, 4) is 0 Å². The van der Waals surface area contributed by atoms with Crippen LogP contribution >= 0.6 is 11.6 Å². The van der Waals surface area contributed by atoms with Crippen LogP contribution in [-0.2, 0) is 4.74 Å². The van der Waals surface area contributed by atoms with Gasteiger partial charge >= 0.3 is 5.97 Å². The Morgan fingerprint density at radius 3 is 2.64 bits per heavy atom. The summed E-state index contributed by atoms with van der Waals surface area (Å²) in [6, 6.07) is 8.93. The molecule has 0 radical (unpaired) electrons. The zero-order valence-corrected chi connectivity index (χ0v) is 8.83. The first kappa shape index (κ1) is 11.1. The van der Waals surface area contributed by atoms with Crippen LogP contribution in [0.2, 0.25) is 0 Å². The summed E-state index contributed by atoms with van der Waals surface area (Å²) in [4.78, 5) is 11.4. The lowest BCUT2D eigenvalue weighted by molar-refractivity contribution is 0.0461. The third kappa shape index (κ3) is 3.38. The molecule has 1 aromatic carbocycles. The number of rotatable bonds is 4. The molecule has 0 aliphatic rings. The van der Waals surface area contributed by atoms with Gasteiger partial charge in [0.15, 0.2) is 0 Å². The van der Waals surface area contributed by atoms with Gasteiger partial charge < -0.3 is 4.74 Å². The molecule has 0 fully saturated rings. The lowest BCUT2D eigenvalue weighted by Crippen LogP contribution is -2.12. The molecular formula is C11H13ClO2. The van der Waals surface area contributed by atoms with Crippen LogP contribution in [0.1, 0.15) is 17.3 Å². The molecule has 0 spiro atoms. The molecule has 1 unspecified atom stereocenters. The highest BCUT2D eigenvalue weighted by Crippen LogP contribution is 2.04. The van der Waals surface area contributed by atoms with Crippen LogP contribution in [0.5, 0.6) is 0 Å². The van der Waals surface area contributed by atoms with Crippen LogP contribution in [0.15, 0.2) is 30.3 Å². The van der Waals surface area contributed by atoms with Gasteiger partial charge in [-0.2, -0.15) is 0 Å². The smallest absolute Gasteiger partial charge is 0.338 e. The van der Waals surface area contributed by atoms with E-state index < -0.39 is 0 Å². The van der Waals surface area contributed by atoms with Gasteiger partial charge in [0.25, 0.3) is 0 Å². The van der Waals surface area contributed by atoms with Gasteiger partial charge in [0, 0.05) is 11.8 Å². The Morgan fingerprint density at radius 2 is 2.07 bits per heavy atom. The topological polar surface area (TPSA) is 26.3 Å². The fourth-order valence-electron chi connectivity index (χ4n) is 0.920. The predicted molar refractivity (Wildman–Crippen MR) is 56.6 cm³/mol. The SMILES string of the molecule is CC(CCl)COC(=O)c1ccccc1. The number of alkyl halides is 1. The lowest BCUT2D eigenvalue weighted by atomic mass is 10.2. The Hall–Kier alpha value is -1.02. The number of benzene rings is 1. The second-order valence-electron chi connectivity index (χ2n) is 3.22. The Labute approximate surface area is 88.8 Å². The number of hydrogen-bond acceptors (Lipinski definition) is 2. The molecule has 1 atom stereocenters. The summed E-state index contributed by atoms with van der Waals surface area (Å²) in [5.74, 6) is 0.411. The van der Waals surface area contributed by atoms with Gasteiger partial charge in [0.2, 0.25) is 0 Å². The molecule has 0 aliphatic heterocycles. The molecule has 0 heterocycles. The largest absolute Gasteiger partial charge is 0.462 e. The van der Waals surface area contributed by atoms with E-state index in [1.807, 2.05) is 25.1 Å². The highest BCUT2D eigenvalue weighted by Gasteiger charge is 2.08. The molecule has 3 heteroatoms. The van der Waals surface area contributed by atoms with Gasteiger partial charge in [0.05, 0.1) is 12.2 Å². The zero-order valence-electron chi connectivity index (χ0n) is 8.07. The molecule has 0 N–H and O–H groups in total. The van der Waals surface area contributed by atoms with Crippen molar-refractivity contribution in [3.63, 3.8) is 0 Å². The van der Waals surface area contributed by atoms with Crippen LogP contribution in [-0.4, -0.2) is 18.5 Å². The molecule has 0 saturated carbocycles. The molecule has 76 valence electrons. The van der Waals surface area contributed by atoms with Crippen LogP contribution in [0, 0.1) is 5.92 Å². The zero-order chi connectivity index (χ0) is 10.4. The van der Waals surface area contributed by atoms with E-state index in [9.17, 15) is 4.79 Å². The maximum Gasteiger partial charge on any atom is 0.338 e. The highest BCUT2D eigenvalue weighted by molar-refractivity contribution is 6.18. The fraction of sp³-hybridized carbons (Fsp3) is 0.364. The Kier molecular flexibility index (Phi) is 4.47. The van der Waals surface area contributed by atoms with Crippen molar-refractivity contribution >= 4 is 17.6 Å². The van der Waals surface area contributed by atoms with Gasteiger partial charge in [-0.3, -0.25) is 0 Å². The summed E-state index contributed by atoms with van der Waals surface area (Å²) in [5.41, 5.74) is 0.578. The number of ether oxygens (including phenoxy) is 1. The maximum absolute atomic E-state index is 11.4. The standard InChI is InChI=1S/C11H13ClO2/c1-9(7-12)8-14-11(13)10-5-3-2-4-6-10/h2-6,9H,7-8H2,1H3. The molecule has 0 saturated heterocycles. The minimum atomic E-state index is -0.289. The van der Waals surface area contributed by atoms with Gasteiger partial charge in [-0.25, -0.2) is 4.79 Å². The van der Waals surface area contributed by atoms with Crippen molar-refractivity contribution in [1.29, 1.82) is 0 Å². The van der Waals surface area contributed by atoms with Crippen LogP contribution in [0.25, 0.3) is 0 Å². The normalized spacial score (nSPS) is 12.1. The van der Waals surface area contributed by atoms with E-state index in [0.717, 1.165) is 0 Å². The lowest BCUT2D eigenvalue weighted by Gasteiger charge is -2.08. The van der Waals surface area contributed by atoms with Crippen molar-refractivity contribution in [2.75, 3.05) is 12.5 Å². The molecule has 0 aliphatic carbocycles. The van der Waals surface area contributed by atoms with Gasteiger partial charge in [-0.15, -0.1) is 11.6 Å². The van der Waals surface area contributed by atoms with Crippen molar-refractivity contribution in [2.45, 2.75) is 6.92 Å². The second-order valence-corrected chi connectivity index (χ2v) is 3.53. The van der Waals surface area contributed by atoms with Crippen LogP contribution in [0.4, 0.5) is 0 Å². The van der Waals surface area contributed by atoms with E-state index in [-0.39, 0.29) is 11.9 Å². The summed E-state index contributed by atoms with van der Waals surface area (Å²) in [5, 5.41) is 0. The number of halogens is 1. The third-order valence-corrected chi connectivity index (χ3v) is 2.30. The van der Waals surface area contributed by atoms with E-state index in [2.05, 4.69) is 0 Å². The summed E-state index contributed by atoms with van der Waals surface area (Å²) in [6.07, 6.45) is 0. The van der Waals surface area contributed by atoms with E-state index in [4.69, 9.17) is 16.3 Å². The minimum absolute atomic E-state index is 0.198. The van der Waals surface area contributed by atoms with E-state index in [1.54, 1.807) is 12.1 Å². The van der Waals surface area contributed by atoms with Crippen molar-refractivity contribution in [2.24, 2.45) is 5.92 Å². The van der Waals surface area contributed by atoms with Gasteiger partial charge in [-0.1, -0.05) is 25.1 Å².